The van der Waals surface area contributed by atoms with Gasteiger partial charge in [-0.2, -0.15) is 5.10 Å². The smallest absolute Gasteiger partial charge is 0.101 e. The largest absolute Gasteiger partial charge is 0.386 e. The average Bonchev–Trinajstić information content (AvgIpc) is 3.03. The van der Waals surface area contributed by atoms with Gasteiger partial charge in [0.1, 0.15) is 6.10 Å². The predicted molar refractivity (Wildman–Crippen MR) is 77.3 cm³/mol. The summed E-state index contributed by atoms with van der Waals surface area (Å²) in [7, 11) is 1.88. The molecule has 0 aliphatic carbocycles. The van der Waals surface area contributed by atoms with Gasteiger partial charge in [-0.15, -0.1) is 0 Å². The molecular formula is C15H18N4O. The molecular weight excluding hydrogens is 252 g/mol. The Morgan fingerprint density at radius 3 is 2.80 bits per heavy atom. The number of benzene rings is 1. The number of aryl methyl sites for hydroxylation is 2. The molecule has 5 heteroatoms. The van der Waals surface area contributed by atoms with E-state index < -0.39 is 6.10 Å². The maximum Gasteiger partial charge on any atom is 0.101 e. The standard InChI is InChI=1S/C15H18N4O/c1-3-19-13-7-5-4-6-11(13)12(17-19)8-15(20)14-9-16-10-18(14)2/h4-7,9-10,15,20H,3,8H2,1-2H3. The van der Waals surface area contributed by atoms with Gasteiger partial charge in [-0.25, -0.2) is 4.98 Å². The van der Waals surface area contributed by atoms with Crippen LogP contribution in [0.2, 0.25) is 0 Å². The average molecular weight is 270 g/mol. The summed E-state index contributed by atoms with van der Waals surface area (Å²) >= 11 is 0. The van der Waals surface area contributed by atoms with E-state index in [2.05, 4.69) is 29.1 Å². The summed E-state index contributed by atoms with van der Waals surface area (Å²) < 4.78 is 3.81. The Hall–Kier alpha value is -2.14. The highest BCUT2D eigenvalue weighted by Crippen LogP contribution is 2.23. The minimum Gasteiger partial charge on any atom is -0.386 e. The summed E-state index contributed by atoms with van der Waals surface area (Å²) in [5, 5.41) is 16.1. The number of rotatable bonds is 4. The number of aromatic nitrogens is 4. The molecule has 0 aliphatic heterocycles. The summed E-state index contributed by atoms with van der Waals surface area (Å²) in [6.45, 7) is 2.89. The van der Waals surface area contributed by atoms with Crippen LogP contribution in [0.1, 0.15) is 24.4 Å². The van der Waals surface area contributed by atoms with Gasteiger partial charge < -0.3 is 9.67 Å². The van der Waals surface area contributed by atoms with Crippen molar-refractivity contribution in [1.82, 2.24) is 19.3 Å². The van der Waals surface area contributed by atoms with Crippen LogP contribution in [0, 0.1) is 0 Å². The predicted octanol–water partition coefficient (Wildman–Crippen LogP) is 2.07. The Labute approximate surface area is 117 Å². The summed E-state index contributed by atoms with van der Waals surface area (Å²) in [4.78, 5) is 4.05. The topological polar surface area (TPSA) is 55.9 Å². The van der Waals surface area contributed by atoms with Gasteiger partial charge in [0.05, 0.1) is 29.4 Å². The van der Waals surface area contributed by atoms with Crippen LogP contribution < -0.4 is 0 Å². The molecule has 0 saturated heterocycles. The fraction of sp³-hybridized carbons (Fsp3) is 0.333. The van der Waals surface area contributed by atoms with Crippen molar-refractivity contribution >= 4 is 10.9 Å². The molecule has 3 aromatic rings. The monoisotopic (exact) mass is 270 g/mol. The van der Waals surface area contributed by atoms with Gasteiger partial charge >= 0.3 is 0 Å². The van der Waals surface area contributed by atoms with Crippen LogP contribution in [0.15, 0.2) is 36.8 Å². The number of aliphatic hydroxyl groups excluding tert-OH is 1. The van der Waals surface area contributed by atoms with E-state index in [1.165, 1.54) is 0 Å². The lowest BCUT2D eigenvalue weighted by atomic mass is 10.1. The van der Waals surface area contributed by atoms with Crippen molar-refractivity contribution in [2.75, 3.05) is 0 Å². The van der Waals surface area contributed by atoms with E-state index in [-0.39, 0.29) is 0 Å². The first-order chi connectivity index (χ1) is 9.70. The SMILES string of the molecule is CCn1nc(CC(O)c2cncn2C)c2ccccc21. The van der Waals surface area contributed by atoms with E-state index in [1.807, 2.05) is 28.4 Å². The number of hydrogen-bond donors (Lipinski definition) is 1. The molecule has 104 valence electrons. The van der Waals surface area contributed by atoms with Crippen molar-refractivity contribution in [3.63, 3.8) is 0 Å². The van der Waals surface area contributed by atoms with Gasteiger partial charge in [-0.1, -0.05) is 18.2 Å². The van der Waals surface area contributed by atoms with Crippen molar-refractivity contribution in [2.45, 2.75) is 26.0 Å². The van der Waals surface area contributed by atoms with Crippen LogP contribution in [0.3, 0.4) is 0 Å². The minimum atomic E-state index is -0.592. The van der Waals surface area contributed by atoms with Gasteiger partial charge in [-0.05, 0) is 13.0 Å². The number of hydrogen-bond acceptors (Lipinski definition) is 3. The van der Waals surface area contributed by atoms with E-state index in [0.717, 1.165) is 28.8 Å². The molecule has 0 fully saturated rings. The van der Waals surface area contributed by atoms with Crippen LogP contribution in [0.4, 0.5) is 0 Å². The fourth-order valence-corrected chi connectivity index (χ4v) is 2.56. The highest BCUT2D eigenvalue weighted by atomic mass is 16.3. The summed E-state index contributed by atoms with van der Waals surface area (Å²) in [6.07, 6.45) is 3.30. The Morgan fingerprint density at radius 1 is 1.30 bits per heavy atom. The summed E-state index contributed by atoms with van der Waals surface area (Å²) in [6, 6.07) is 8.13. The third-order valence-electron chi connectivity index (χ3n) is 3.62. The maximum atomic E-state index is 10.4. The summed E-state index contributed by atoms with van der Waals surface area (Å²) in [5.41, 5.74) is 2.85. The van der Waals surface area contributed by atoms with Crippen molar-refractivity contribution < 1.29 is 5.11 Å². The maximum absolute atomic E-state index is 10.4. The normalized spacial score (nSPS) is 12.9. The molecule has 0 amide bonds. The Morgan fingerprint density at radius 2 is 2.10 bits per heavy atom. The second-order valence-corrected chi connectivity index (χ2v) is 4.93. The van der Waals surface area contributed by atoms with Gasteiger partial charge in [0.15, 0.2) is 0 Å². The Balaban J connectivity index is 1.97. The zero-order chi connectivity index (χ0) is 14.1. The first kappa shape index (κ1) is 12.9. The molecule has 1 aromatic carbocycles. The number of aliphatic hydroxyl groups is 1. The Kier molecular flexibility index (Phi) is 3.28. The molecule has 0 saturated carbocycles. The first-order valence-corrected chi connectivity index (χ1v) is 6.79. The van der Waals surface area contributed by atoms with E-state index >= 15 is 0 Å². The lowest BCUT2D eigenvalue weighted by molar-refractivity contribution is 0.169. The molecule has 1 unspecified atom stereocenters. The highest BCUT2D eigenvalue weighted by molar-refractivity contribution is 5.82. The van der Waals surface area contributed by atoms with Crippen molar-refractivity contribution in [1.29, 1.82) is 0 Å². The van der Waals surface area contributed by atoms with E-state index in [1.54, 1.807) is 12.5 Å². The van der Waals surface area contributed by atoms with Gasteiger partial charge in [0.25, 0.3) is 0 Å². The third-order valence-corrected chi connectivity index (χ3v) is 3.62. The van der Waals surface area contributed by atoms with Crippen LogP contribution in [0.25, 0.3) is 10.9 Å². The van der Waals surface area contributed by atoms with Crippen molar-refractivity contribution in [3.8, 4) is 0 Å². The van der Waals surface area contributed by atoms with Crippen LogP contribution in [-0.2, 0) is 20.0 Å². The fourth-order valence-electron chi connectivity index (χ4n) is 2.56. The Bertz CT molecular complexity index is 728. The van der Waals surface area contributed by atoms with Gasteiger partial charge in [0, 0.05) is 25.4 Å². The number of fused-ring (bicyclic) bond motifs is 1. The molecule has 3 rings (SSSR count). The molecule has 20 heavy (non-hydrogen) atoms. The zero-order valence-electron chi connectivity index (χ0n) is 11.7. The quantitative estimate of drug-likeness (QED) is 0.789. The molecule has 1 atom stereocenters. The first-order valence-electron chi connectivity index (χ1n) is 6.79. The number of imidazole rings is 1. The highest BCUT2D eigenvalue weighted by Gasteiger charge is 2.17. The number of para-hydroxylation sites is 1. The zero-order valence-corrected chi connectivity index (χ0v) is 11.7. The van der Waals surface area contributed by atoms with Crippen molar-refractivity contribution in [2.24, 2.45) is 7.05 Å². The third kappa shape index (κ3) is 2.10. The summed E-state index contributed by atoms with van der Waals surface area (Å²) in [5.74, 6) is 0. The lowest BCUT2D eigenvalue weighted by Gasteiger charge is -2.09. The van der Waals surface area contributed by atoms with E-state index in [9.17, 15) is 5.11 Å². The lowest BCUT2D eigenvalue weighted by Crippen LogP contribution is -2.07. The van der Waals surface area contributed by atoms with Gasteiger partial charge in [-0.3, -0.25) is 4.68 Å². The van der Waals surface area contributed by atoms with Crippen LogP contribution in [0.5, 0.6) is 0 Å². The van der Waals surface area contributed by atoms with Crippen molar-refractivity contribution in [3.05, 3.63) is 48.2 Å². The molecule has 0 radical (unpaired) electrons. The second kappa shape index (κ2) is 5.09. The van der Waals surface area contributed by atoms with E-state index in [0.29, 0.717) is 6.42 Å². The van der Waals surface area contributed by atoms with E-state index in [4.69, 9.17) is 0 Å². The molecule has 0 spiro atoms. The van der Waals surface area contributed by atoms with Crippen LogP contribution >= 0.6 is 0 Å². The van der Waals surface area contributed by atoms with Gasteiger partial charge in [0.2, 0.25) is 0 Å². The van der Waals surface area contributed by atoms with Crippen LogP contribution in [-0.4, -0.2) is 24.4 Å². The molecule has 2 heterocycles. The molecule has 5 nitrogen and oxygen atoms in total. The number of nitrogens with zero attached hydrogens (tertiary/aromatic N) is 4. The minimum absolute atomic E-state index is 0.493. The second-order valence-electron chi connectivity index (χ2n) is 4.93. The molecule has 1 N–H and O–H groups in total. The molecule has 0 aliphatic rings. The molecule has 0 bridgehead atoms. The molecule has 2 aromatic heterocycles.